The largest absolute Gasteiger partial charge is 0.494 e. The van der Waals surface area contributed by atoms with Crippen LogP contribution < -0.4 is 4.74 Å². The number of halogens is 1. The molecule has 0 unspecified atom stereocenters. The van der Waals surface area contributed by atoms with Crippen molar-refractivity contribution in [1.82, 2.24) is 0 Å². The molecule has 0 spiro atoms. The summed E-state index contributed by atoms with van der Waals surface area (Å²) in [6.45, 7) is 2.92. The minimum Gasteiger partial charge on any atom is -0.494 e. The van der Waals surface area contributed by atoms with E-state index < -0.39 is 0 Å². The number of hydrogen-bond donors (Lipinski definition) is 0. The molecule has 0 aliphatic carbocycles. The molecule has 0 N–H and O–H groups in total. The summed E-state index contributed by atoms with van der Waals surface area (Å²) in [7, 11) is 0. The first-order valence-electron chi connectivity index (χ1n) is 8.92. The van der Waals surface area contributed by atoms with E-state index >= 15 is 0 Å². The van der Waals surface area contributed by atoms with E-state index in [1.165, 1.54) is 17.7 Å². The van der Waals surface area contributed by atoms with Crippen LogP contribution in [-0.2, 0) is 0 Å². The minimum absolute atomic E-state index is 0.217. The molecular formula is C24H23FO. The van der Waals surface area contributed by atoms with Crippen molar-refractivity contribution in [3.8, 4) is 5.75 Å². The molecule has 0 saturated carbocycles. The monoisotopic (exact) mass is 346 g/mol. The van der Waals surface area contributed by atoms with Crippen molar-refractivity contribution in [3.05, 3.63) is 101 Å². The van der Waals surface area contributed by atoms with Gasteiger partial charge in [0, 0.05) is 0 Å². The van der Waals surface area contributed by atoms with Gasteiger partial charge in [-0.15, -0.1) is 0 Å². The lowest BCUT2D eigenvalue weighted by Crippen LogP contribution is -2.03. The molecule has 2 heteroatoms. The zero-order valence-corrected chi connectivity index (χ0v) is 14.9. The molecule has 0 saturated heterocycles. The molecule has 3 aromatic rings. The molecule has 0 heterocycles. The van der Waals surface area contributed by atoms with Crippen molar-refractivity contribution in [1.29, 1.82) is 0 Å². The van der Waals surface area contributed by atoms with Gasteiger partial charge in [-0.1, -0.05) is 73.7 Å². The van der Waals surface area contributed by atoms with Crippen LogP contribution in [0, 0.1) is 5.82 Å². The zero-order chi connectivity index (χ0) is 18.2. The summed E-state index contributed by atoms with van der Waals surface area (Å²) in [6.07, 6.45) is 4.96. The van der Waals surface area contributed by atoms with Gasteiger partial charge in [0.1, 0.15) is 11.6 Å². The summed E-state index contributed by atoms with van der Waals surface area (Å²) in [5.74, 6) is 1.14. The third kappa shape index (κ3) is 5.32. The van der Waals surface area contributed by atoms with Gasteiger partial charge in [0.05, 0.1) is 6.61 Å². The Bertz CT molecular complexity index is 820. The molecule has 3 rings (SSSR count). The van der Waals surface area contributed by atoms with Crippen LogP contribution in [0.5, 0.6) is 5.75 Å². The lowest BCUT2D eigenvalue weighted by molar-refractivity contribution is 0.301. The zero-order valence-electron chi connectivity index (χ0n) is 14.9. The van der Waals surface area contributed by atoms with E-state index in [0.29, 0.717) is 12.5 Å². The molecule has 1 atom stereocenters. The van der Waals surface area contributed by atoms with Gasteiger partial charge in [-0.25, -0.2) is 4.39 Å². The van der Waals surface area contributed by atoms with Crippen LogP contribution in [-0.4, -0.2) is 6.61 Å². The van der Waals surface area contributed by atoms with Crippen molar-refractivity contribution in [2.75, 3.05) is 6.61 Å². The topological polar surface area (TPSA) is 9.23 Å². The van der Waals surface area contributed by atoms with E-state index in [2.05, 4.69) is 31.2 Å². The second-order valence-electron chi connectivity index (χ2n) is 6.40. The van der Waals surface area contributed by atoms with Crippen LogP contribution in [0.15, 0.2) is 78.9 Å². The first kappa shape index (κ1) is 17.9. The Hall–Kier alpha value is -2.87. The molecule has 132 valence electrons. The molecule has 0 amide bonds. The highest BCUT2D eigenvalue weighted by atomic mass is 19.1. The van der Waals surface area contributed by atoms with E-state index in [9.17, 15) is 4.39 Å². The van der Waals surface area contributed by atoms with E-state index in [1.54, 1.807) is 12.1 Å². The Labute approximate surface area is 154 Å². The Morgan fingerprint density at radius 2 is 1.38 bits per heavy atom. The maximum absolute atomic E-state index is 12.9. The predicted octanol–water partition coefficient (Wildman–Crippen LogP) is 6.57. The normalized spacial score (nSPS) is 12.2. The molecule has 0 aliphatic heterocycles. The van der Waals surface area contributed by atoms with Gasteiger partial charge in [-0.2, -0.15) is 0 Å². The van der Waals surface area contributed by atoms with Crippen molar-refractivity contribution in [2.24, 2.45) is 0 Å². The SMILES string of the molecule is C[C@H](CCOc1ccc(C=Cc2ccc(F)cc2)cc1)c1ccccc1. The molecule has 0 fully saturated rings. The van der Waals surface area contributed by atoms with E-state index in [4.69, 9.17) is 4.74 Å². The quantitative estimate of drug-likeness (QED) is 0.440. The highest BCUT2D eigenvalue weighted by Crippen LogP contribution is 2.20. The average molecular weight is 346 g/mol. The summed E-state index contributed by atoms with van der Waals surface area (Å²) in [5.41, 5.74) is 3.40. The summed E-state index contributed by atoms with van der Waals surface area (Å²) in [4.78, 5) is 0. The van der Waals surface area contributed by atoms with Crippen LogP contribution in [0.4, 0.5) is 4.39 Å². The van der Waals surface area contributed by atoms with Gasteiger partial charge in [-0.3, -0.25) is 0 Å². The van der Waals surface area contributed by atoms with Crippen LogP contribution in [0.2, 0.25) is 0 Å². The Kier molecular flexibility index (Phi) is 6.21. The van der Waals surface area contributed by atoms with Crippen molar-refractivity contribution in [2.45, 2.75) is 19.3 Å². The molecular weight excluding hydrogens is 323 g/mol. The number of rotatable bonds is 7. The maximum Gasteiger partial charge on any atom is 0.123 e. The average Bonchev–Trinajstić information content (AvgIpc) is 2.69. The Morgan fingerprint density at radius 1 is 0.808 bits per heavy atom. The summed E-state index contributed by atoms with van der Waals surface area (Å²) < 4.78 is 18.8. The van der Waals surface area contributed by atoms with Crippen molar-refractivity contribution >= 4 is 12.2 Å². The lowest BCUT2D eigenvalue weighted by Gasteiger charge is -2.12. The molecule has 1 nitrogen and oxygen atoms in total. The van der Waals surface area contributed by atoms with E-state index in [-0.39, 0.29) is 5.82 Å². The number of ether oxygens (including phenoxy) is 1. The fraction of sp³-hybridized carbons (Fsp3) is 0.167. The summed E-state index contributed by atoms with van der Waals surface area (Å²) in [5, 5.41) is 0. The fourth-order valence-electron chi connectivity index (χ4n) is 2.74. The third-order valence-electron chi connectivity index (χ3n) is 4.41. The predicted molar refractivity (Wildman–Crippen MR) is 107 cm³/mol. The molecule has 3 aromatic carbocycles. The first-order chi connectivity index (χ1) is 12.7. The molecule has 26 heavy (non-hydrogen) atoms. The molecule has 0 aromatic heterocycles. The third-order valence-corrected chi connectivity index (χ3v) is 4.41. The van der Waals surface area contributed by atoms with E-state index in [0.717, 1.165) is 23.3 Å². The van der Waals surface area contributed by atoms with Gasteiger partial charge in [0.2, 0.25) is 0 Å². The Morgan fingerprint density at radius 3 is 2.00 bits per heavy atom. The van der Waals surface area contributed by atoms with Crippen LogP contribution in [0.25, 0.3) is 12.2 Å². The second-order valence-corrected chi connectivity index (χ2v) is 6.40. The van der Waals surface area contributed by atoms with Crippen LogP contribution in [0.1, 0.15) is 36.0 Å². The van der Waals surface area contributed by atoms with E-state index in [1.807, 2.05) is 42.5 Å². The minimum atomic E-state index is -0.217. The summed E-state index contributed by atoms with van der Waals surface area (Å²) in [6, 6.07) is 25.0. The summed E-state index contributed by atoms with van der Waals surface area (Å²) >= 11 is 0. The molecule has 0 radical (unpaired) electrons. The Balaban J connectivity index is 1.49. The molecule has 0 bridgehead atoms. The van der Waals surface area contributed by atoms with Crippen LogP contribution >= 0.6 is 0 Å². The first-order valence-corrected chi connectivity index (χ1v) is 8.92. The number of benzene rings is 3. The highest BCUT2D eigenvalue weighted by Gasteiger charge is 2.05. The van der Waals surface area contributed by atoms with Crippen molar-refractivity contribution < 1.29 is 9.13 Å². The smallest absolute Gasteiger partial charge is 0.123 e. The van der Waals surface area contributed by atoms with Gasteiger partial charge in [-0.05, 0) is 53.3 Å². The van der Waals surface area contributed by atoms with Gasteiger partial charge in [0.25, 0.3) is 0 Å². The standard InChI is InChI=1S/C24H23FO/c1-19(22-5-3-2-4-6-22)17-18-26-24-15-11-21(12-16-24)8-7-20-9-13-23(25)14-10-20/h2-16,19H,17-18H2,1H3/t19-/m1/s1. The van der Waals surface area contributed by atoms with Crippen molar-refractivity contribution in [3.63, 3.8) is 0 Å². The lowest BCUT2D eigenvalue weighted by atomic mass is 9.98. The number of hydrogen-bond acceptors (Lipinski definition) is 1. The second kappa shape index (κ2) is 9.00. The van der Waals surface area contributed by atoms with Crippen LogP contribution in [0.3, 0.4) is 0 Å². The van der Waals surface area contributed by atoms with Gasteiger partial charge in [0.15, 0.2) is 0 Å². The fourth-order valence-corrected chi connectivity index (χ4v) is 2.74. The maximum atomic E-state index is 12.9. The van der Waals surface area contributed by atoms with Gasteiger partial charge < -0.3 is 4.74 Å². The molecule has 0 aliphatic rings. The highest BCUT2D eigenvalue weighted by molar-refractivity contribution is 5.69. The van der Waals surface area contributed by atoms with Gasteiger partial charge >= 0.3 is 0 Å².